The van der Waals surface area contributed by atoms with Crippen molar-refractivity contribution in [1.82, 2.24) is 30.6 Å². The number of nitrogens with two attached hydrogens (primary N) is 1. The summed E-state index contributed by atoms with van der Waals surface area (Å²) in [6.45, 7) is 4.15. The van der Waals surface area contributed by atoms with Crippen LogP contribution < -0.4 is 40.6 Å². The van der Waals surface area contributed by atoms with Crippen molar-refractivity contribution in [2.75, 3.05) is 19.6 Å². The van der Waals surface area contributed by atoms with E-state index in [1.807, 2.05) is 35.2 Å². The van der Waals surface area contributed by atoms with Crippen LogP contribution in [-0.4, -0.2) is 92.0 Å². The Morgan fingerprint density at radius 3 is 1.63 bits per heavy atom. The molecule has 0 atom stereocenters. The number of carboxylic acids is 1. The SMILES string of the molecule is C.Cl.NCC1CCC1.O=C(O)c1cc(Cl)[nH]n1.O=C1Cc2cccc(CN(CC3CCC3)C(=O)c3cc(Cl)[nH]n3)c2S1.O=C1Cc2cccc(CNCC3CCC3)c2S1.O=Cc1cccc2c1SC(=O)C2.[B].[H-].[Na+]. The van der Waals surface area contributed by atoms with Crippen LogP contribution in [0.25, 0.3) is 0 Å². The van der Waals surface area contributed by atoms with E-state index in [2.05, 4.69) is 43.9 Å². The Morgan fingerprint density at radius 1 is 0.740 bits per heavy atom. The molecule has 2 aromatic heterocycles. The summed E-state index contributed by atoms with van der Waals surface area (Å²) in [6, 6.07) is 20.5. The van der Waals surface area contributed by atoms with Gasteiger partial charge < -0.3 is 22.5 Å². The van der Waals surface area contributed by atoms with Crippen LogP contribution in [0.1, 0.15) is 126 Å². The van der Waals surface area contributed by atoms with Crippen LogP contribution in [0.5, 0.6) is 0 Å². The van der Waals surface area contributed by atoms with Crippen molar-refractivity contribution >= 4 is 113 Å². The minimum absolute atomic E-state index is 0. The predicted molar refractivity (Wildman–Crippen MR) is 291 cm³/mol. The molecule has 3 saturated carbocycles. The third kappa shape index (κ3) is 18.4. The maximum atomic E-state index is 12.9. The third-order valence-corrected chi connectivity index (χ3v) is 16.3. The maximum absolute atomic E-state index is 12.9. The molecular formula is C51H61BCl3N7NaO7S3. The summed E-state index contributed by atoms with van der Waals surface area (Å²) in [5.74, 6) is 1.12. The zero-order chi connectivity index (χ0) is 48.9. The van der Waals surface area contributed by atoms with Crippen molar-refractivity contribution in [1.29, 1.82) is 0 Å². The van der Waals surface area contributed by atoms with Gasteiger partial charge in [0.2, 0.25) is 0 Å². The minimum Gasteiger partial charge on any atom is -1.00 e. The number of amides is 1. The van der Waals surface area contributed by atoms with Gasteiger partial charge in [0.25, 0.3) is 5.91 Å². The first-order valence-electron chi connectivity index (χ1n) is 23.1. The Bertz CT molecular complexity index is 2670. The molecule has 6 N–H and O–H groups in total. The summed E-state index contributed by atoms with van der Waals surface area (Å²) in [6.07, 6.45) is 14.2. The van der Waals surface area contributed by atoms with Gasteiger partial charge in [0, 0.05) is 79.7 Å². The molecule has 3 aliphatic carbocycles. The van der Waals surface area contributed by atoms with Crippen LogP contribution in [0, 0.1) is 17.8 Å². The molecule has 3 aliphatic heterocycles. The van der Waals surface area contributed by atoms with Crippen LogP contribution in [-0.2, 0) is 46.7 Å². The molecule has 3 fully saturated rings. The van der Waals surface area contributed by atoms with Gasteiger partial charge in [-0.05, 0) is 97.2 Å². The summed E-state index contributed by atoms with van der Waals surface area (Å²) >= 11 is 15.1. The Labute approximate surface area is 481 Å². The Kier molecular flexibility index (Phi) is 27.7. The van der Waals surface area contributed by atoms with E-state index in [0.29, 0.717) is 54.7 Å². The van der Waals surface area contributed by atoms with E-state index < -0.39 is 5.97 Å². The molecule has 14 nitrogen and oxygen atoms in total. The fraction of sp³-hybridized carbons (Fsp3) is 0.412. The van der Waals surface area contributed by atoms with Gasteiger partial charge in [0.1, 0.15) is 10.3 Å². The first-order valence-corrected chi connectivity index (χ1v) is 26.3. The average Bonchev–Trinajstić information content (AvgIpc) is 4.14. The third-order valence-electron chi connectivity index (χ3n) is 12.7. The Hall–Kier alpha value is -3.40. The van der Waals surface area contributed by atoms with Crippen molar-refractivity contribution in [3.8, 4) is 0 Å². The number of carbonyl (C=O) groups excluding carboxylic acids is 5. The van der Waals surface area contributed by atoms with E-state index >= 15 is 0 Å². The predicted octanol–water partition coefficient (Wildman–Crippen LogP) is 7.41. The van der Waals surface area contributed by atoms with Crippen molar-refractivity contribution in [2.45, 2.75) is 112 Å². The standard InChI is InChI=1S/C18H18ClN3O2S.C14H17NOS.C9H6O2S.C5H11N.C4H3ClN2O2.CH4.B.ClH.Na.H/c19-15-8-14(20-21-15)18(24)22(9-11-3-1-4-11)10-13-6-2-5-12-7-16(23)25-17(12)13;16-13-7-11-5-2-6-12(14(11)17-13)9-15-8-10-3-1-4-10;10-5-7-3-1-2-6-4-8(11)12-9(6)7;6-4-5-2-1-3-5;5-3-1-2(4(8)9)6-7-3;;;;;/h2,5-6,8,11H,1,3-4,7,9-10H2,(H,20,21);2,5-6,10,15H,1,3-4,7-9H2;1-3,5H,4H2;5H,1-4,6H2;1H,(H,6,7)(H,8,9);1H4;;1H;;/q;;;;;;;;+1;-1. The normalized spacial score (nSPS) is 15.6. The largest absolute Gasteiger partial charge is 1.00 e. The number of aromatic amines is 2. The number of carbonyl (C=O) groups is 6. The number of halogens is 3. The molecule has 3 aromatic carbocycles. The summed E-state index contributed by atoms with van der Waals surface area (Å²) in [5.41, 5.74) is 11.8. The van der Waals surface area contributed by atoms with Gasteiger partial charge in [0.15, 0.2) is 33.0 Å². The van der Waals surface area contributed by atoms with Crippen LogP contribution in [0.3, 0.4) is 0 Å². The number of fused-ring (bicyclic) bond motifs is 3. The number of carboxylic acid groups (broad SMARTS) is 1. The molecular weight excluding hydrogens is 1060 g/mol. The summed E-state index contributed by atoms with van der Waals surface area (Å²) in [4.78, 5) is 72.7. The van der Waals surface area contributed by atoms with Crippen molar-refractivity contribution < 1.29 is 64.9 Å². The van der Waals surface area contributed by atoms with Crippen LogP contribution >= 0.6 is 70.9 Å². The van der Waals surface area contributed by atoms with E-state index in [9.17, 15) is 28.8 Å². The second kappa shape index (κ2) is 31.6. The number of rotatable bonds is 12. The number of aldehydes is 1. The topological polar surface area (TPSA) is 221 Å². The average molecular weight is 1120 g/mol. The van der Waals surface area contributed by atoms with E-state index in [4.69, 9.17) is 34.0 Å². The number of aromatic carboxylic acids is 1. The van der Waals surface area contributed by atoms with Crippen molar-refractivity contribution in [2.24, 2.45) is 23.5 Å². The smallest absolute Gasteiger partial charge is 1.00 e. The Balaban J connectivity index is 0.000000335. The molecule has 0 spiro atoms. The maximum Gasteiger partial charge on any atom is 1.00 e. The molecule has 5 heterocycles. The zero-order valence-corrected chi connectivity index (χ0v) is 46.7. The van der Waals surface area contributed by atoms with Gasteiger partial charge in [-0.25, -0.2) is 4.79 Å². The fourth-order valence-corrected chi connectivity index (χ4v) is 11.4. The number of hydrogen-bond acceptors (Lipinski definition) is 13. The molecule has 5 aromatic rings. The second-order valence-electron chi connectivity index (χ2n) is 17.7. The molecule has 73 heavy (non-hydrogen) atoms. The number of thioether (sulfide) groups is 3. The van der Waals surface area contributed by atoms with E-state index in [1.165, 1.54) is 102 Å². The van der Waals surface area contributed by atoms with Gasteiger partial charge >= 0.3 is 35.5 Å². The molecule has 6 aliphatic rings. The molecule has 0 unspecified atom stereocenters. The van der Waals surface area contributed by atoms with Crippen molar-refractivity contribution in [3.05, 3.63) is 122 Å². The van der Waals surface area contributed by atoms with Crippen LogP contribution in [0.2, 0.25) is 10.3 Å². The first-order chi connectivity index (χ1) is 33.4. The molecule has 11 rings (SSSR count). The van der Waals surface area contributed by atoms with E-state index in [1.54, 1.807) is 12.1 Å². The van der Waals surface area contributed by atoms with Crippen molar-refractivity contribution in [3.63, 3.8) is 0 Å². The first kappa shape index (κ1) is 63.9. The van der Waals surface area contributed by atoms with Crippen LogP contribution in [0.4, 0.5) is 0 Å². The number of aromatic nitrogens is 4. The molecule has 0 bridgehead atoms. The van der Waals surface area contributed by atoms with Gasteiger partial charge in [-0.15, -0.1) is 12.4 Å². The number of benzene rings is 3. The Morgan fingerprint density at radius 2 is 1.21 bits per heavy atom. The zero-order valence-electron chi connectivity index (χ0n) is 41.0. The number of nitrogens with one attached hydrogen (secondary N) is 3. The van der Waals surface area contributed by atoms with E-state index in [0.717, 1.165) is 77.1 Å². The quantitative estimate of drug-likeness (QED) is 0.0607. The van der Waals surface area contributed by atoms with Gasteiger partial charge in [-0.1, -0.05) is 140 Å². The van der Waals surface area contributed by atoms with Gasteiger partial charge in [-0.2, -0.15) is 10.2 Å². The minimum atomic E-state index is -1.09. The molecule has 22 heteroatoms. The summed E-state index contributed by atoms with van der Waals surface area (Å²) in [7, 11) is 0. The number of nitrogens with zero attached hydrogens (tertiary/aromatic N) is 3. The molecule has 385 valence electrons. The van der Waals surface area contributed by atoms with E-state index in [-0.39, 0.29) is 91.3 Å². The molecule has 0 saturated heterocycles. The monoisotopic (exact) mass is 1120 g/mol. The summed E-state index contributed by atoms with van der Waals surface area (Å²) < 4.78 is 0. The molecule has 1 amide bonds. The number of H-pyrrole nitrogens is 2. The second-order valence-corrected chi connectivity index (χ2v) is 21.7. The fourth-order valence-electron chi connectivity index (χ4n) is 8.18. The van der Waals surface area contributed by atoms with Gasteiger partial charge in [0.05, 0.1) is 0 Å². The number of hydrogen-bond donors (Lipinski definition) is 5. The summed E-state index contributed by atoms with van der Waals surface area (Å²) in [5, 5.41) is 25.2. The van der Waals surface area contributed by atoms with Gasteiger partial charge in [-0.3, -0.25) is 34.2 Å². The molecule has 3 radical (unpaired) electrons. The van der Waals surface area contributed by atoms with Crippen LogP contribution in [0.15, 0.2) is 81.4 Å².